The summed E-state index contributed by atoms with van der Waals surface area (Å²) in [6, 6.07) is 12.0. The fourth-order valence-electron chi connectivity index (χ4n) is 4.68. The third-order valence-electron chi connectivity index (χ3n) is 6.98. The minimum atomic E-state index is -5.12. The number of halogens is 8. The van der Waals surface area contributed by atoms with Gasteiger partial charge in [-0.1, -0.05) is 53.5 Å². The molecule has 1 N–H and O–H groups in total. The molecule has 232 valence electrons. The maximum atomic E-state index is 13.5. The molecule has 1 aromatic heterocycles. The number of aromatic nitrogens is 1. The van der Waals surface area contributed by atoms with Crippen molar-refractivity contribution in [2.45, 2.75) is 31.4 Å². The van der Waals surface area contributed by atoms with Gasteiger partial charge in [-0.2, -0.15) is 26.3 Å². The number of likely N-dealkylation sites (N-methyl/N-ethyl adjacent to an activating group) is 1. The molecule has 5 nitrogen and oxygen atoms in total. The van der Waals surface area contributed by atoms with Crippen LogP contribution >= 0.6 is 23.2 Å². The maximum absolute atomic E-state index is 13.5. The molecule has 0 spiro atoms. The summed E-state index contributed by atoms with van der Waals surface area (Å²) in [6.45, 7) is 0.0906. The van der Waals surface area contributed by atoms with Crippen molar-refractivity contribution in [3.8, 4) is 0 Å². The highest BCUT2D eigenvalue weighted by Crippen LogP contribution is 2.37. The highest BCUT2D eigenvalue weighted by molar-refractivity contribution is 6.42. The Labute approximate surface area is 258 Å². The zero-order valence-corrected chi connectivity index (χ0v) is 24.7. The summed E-state index contributed by atoms with van der Waals surface area (Å²) in [5.74, 6) is -1.65. The Morgan fingerprint density at radius 3 is 2.18 bits per heavy atom. The van der Waals surface area contributed by atoms with Gasteiger partial charge in [0.1, 0.15) is 0 Å². The number of para-hydroxylation sites is 1. The van der Waals surface area contributed by atoms with Gasteiger partial charge in [0, 0.05) is 49.4 Å². The van der Waals surface area contributed by atoms with Crippen LogP contribution in [0.15, 0.2) is 79.0 Å². The summed E-state index contributed by atoms with van der Waals surface area (Å²) in [7, 11) is 3.06. The second-order valence-corrected chi connectivity index (χ2v) is 10.9. The molecule has 1 heterocycles. The number of hydrogen-bond acceptors (Lipinski definition) is 2. The first-order valence-corrected chi connectivity index (χ1v) is 13.8. The van der Waals surface area contributed by atoms with Gasteiger partial charge in [0.2, 0.25) is 5.91 Å². The van der Waals surface area contributed by atoms with Gasteiger partial charge in [-0.15, -0.1) is 0 Å². The van der Waals surface area contributed by atoms with Crippen molar-refractivity contribution in [1.29, 1.82) is 0 Å². The Bertz CT molecular complexity index is 1700. The molecule has 0 bridgehead atoms. The van der Waals surface area contributed by atoms with E-state index in [1.54, 1.807) is 24.4 Å². The first-order chi connectivity index (χ1) is 20.5. The number of fused-ring (bicyclic) bond motifs is 1. The Balaban J connectivity index is 1.66. The molecular weight excluding hydrogens is 631 g/mol. The van der Waals surface area contributed by atoms with Crippen molar-refractivity contribution < 1.29 is 35.9 Å². The number of benzene rings is 3. The van der Waals surface area contributed by atoms with Gasteiger partial charge in [-0.25, -0.2) is 0 Å². The lowest BCUT2D eigenvalue weighted by Gasteiger charge is -2.27. The van der Waals surface area contributed by atoms with Crippen LogP contribution in [0, 0.1) is 0 Å². The van der Waals surface area contributed by atoms with Crippen molar-refractivity contribution in [2.75, 3.05) is 7.05 Å². The summed E-state index contributed by atoms with van der Waals surface area (Å²) >= 11 is 11.9. The van der Waals surface area contributed by atoms with Gasteiger partial charge in [-0.05, 0) is 53.9 Å². The number of nitrogens with zero attached hydrogens (tertiary/aromatic N) is 2. The van der Waals surface area contributed by atoms with E-state index >= 15 is 0 Å². The predicted molar refractivity (Wildman–Crippen MR) is 156 cm³/mol. The van der Waals surface area contributed by atoms with Crippen LogP contribution in [0.2, 0.25) is 10.0 Å². The lowest BCUT2D eigenvalue weighted by atomic mass is 10.0. The molecule has 0 saturated heterocycles. The van der Waals surface area contributed by atoms with Crippen molar-refractivity contribution >= 4 is 45.9 Å². The largest absolute Gasteiger partial charge is 0.416 e. The van der Waals surface area contributed by atoms with E-state index in [0.717, 1.165) is 27.4 Å². The number of amides is 2. The molecule has 2 amide bonds. The highest BCUT2D eigenvalue weighted by Gasteiger charge is 2.38. The highest BCUT2D eigenvalue weighted by atomic mass is 35.5. The van der Waals surface area contributed by atoms with E-state index in [-0.39, 0.29) is 19.0 Å². The summed E-state index contributed by atoms with van der Waals surface area (Å²) in [4.78, 5) is 27.2. The van der Waals surface area contributed by atoms with Gasteiger partial charge in [-0.3, -0.25) is 9.59 Å². The SMILES string of the molecule is CN(C(=O)c1cc(C(F)(F)F)cc(C(F)(F)F)c1)C(C=CC(=O)NCc1ccc(Cl)c(Cl)c1)Cc1cn(C)c2ccccc12. The number of carbonyl (C=O) groups excluding carboxylic acids is 2. The van der Waals surface area contributed by atoms with Gasteiger partial charge >= 0.3 is 12.4 Å². The zero-order chi connectivity index (χ0) is 32.4. The van der Waals surface area contributed by atoms with Crippen LogP contribution in [0.5, 0.6) is 0 Å². The minimum Gasteiger partial charge on any atom is -0.350 e. The fraction of sp³-hybridized carbons (Fsp3) is 0.226. The summed E-state index contributed by atoms with van der Waals surface area (Å²) in [6.07, 6.45) is -5.80. The third kappa shape index (κ3) is 7.75. The van der Waals surface area contributed by atoms with Gasteiger partial charge in [0.25, 0.3) is 5.91 Å². The quantitative estimate of drug-likeness (QED) is 0.154. The van der Waals surface area contributed by atoms with Crippen molar-refractivity contribution in [1.82, 2.24) is 14.8 Å². The number of alkyl halides is 6. The van der Waals surface area contributed by atoms with E-state index in [1.165, 1.54) is 13.1 Å². The number of nitrogens with one attached hydrogen (secondary N) is 1. The summed E-state index contributed by atoms with van der Waals surface area (Å²) in [5, 5.41) is 4.13. The smallest absolute Gasteiger partial charge is 0.350 e. The zero-order valence-electron chi connectivity index (χ0n) is 23.2. The average molecular weight is 656 g/mol. The standard InChI is InChI=1S/C31H25Cl2F6N3O2/c1-41-17-20(24-5-3-4-6-27(24)41)14-23(8-10-28(43)40-16-18-7-9-25(32)26(33)11-18)42(2)29(44)19-12-21(30(34,35)36)15-22(13-19)31(37,38)39/h3-13,15,17,23H,14,16H2,1-2H3,(H,40,43). The molecule has 0 aliphatic carbocycles. The molecular formula is C31H25Cl2F6N3O2. The maximum Gasteiger partial charge on any atom is 0.416 e. The normalized spacial score (nSPS) is 13.0. The van der Waals surface area contributed by atoms with Crippen LogP contribution in [-0.4, -0.2) is 34.4 Å². The van der Waals surface area contributed by atoms with Gasteiger partial charge in [0.15, 0.2) is 0 Å². The Kier molecular flexibility index (Phi) is 9.70. The lowest BCUT2D eigenvalue weighted by molar-refractivity contribution is -0.143. The van der Waals surface area contributed by atoms with E-state index in [9.17, 15) is 35.9 Å². The van der Waals surface area contributed by atoms with Gasteiger partial charge in [0.05, 0.1) is 27.2 Å². The molecule has 13 heteroatoms. The first-order valence-electron chi connectivity index (χ1n) is 13.0. The average Bonchev–Trinajstić information content (AvgIpc) is 3.28. The molecule has 3 aromatic carbocycles. The molecule has 4 aromatic rings. The molecule has 1 unspecified atom stereocenters. The topological polar surface area (TPSA) is 54.3 Å². The molecule has 0 aliphatic heterocycles. The second kappa shape index (κ2) is 13.0. The number of rotatable bonds is 8. The summed E-state index contributed by atoms with van der Waals surface area (Å²) in [5.41, 5.74) is -1.74. The molecule has 0 radical (unpaired) electrons. The lowest BCUT2D eigenvalue weighted by Crippen LogP contribution is -2.38. The molecule has 0 fully saturated rings. The molecule has 0 saturated carbocycles. The Morgan fingerprint density at radius 2 is 1.57 bits per heavy atom. The van der Waals surface area contributed by atoms with E-state index in [4.69, 9.17) is 23.2 Å². The summed E-state index contributed by atoms with van der Waals surface area (Å²) < 4.78 is 82.7. The third-order valence-corrected chi connectivity index (χ3v) is 7.72. The van der Waals surface area contributed by atoms with Crippen LogP contribution < -0.4 is 5.32 Å². The second-order valence-electron chi connectivity index (χ2n) is 10.1. The number of carbonyl (C=O) groups is 2. The van der Waals surface area contributed by atoms with Crippen LogP contribution in [0.3, 0.4) is 0 Å². The molecule has 0 aliphatic rings. The van der Waals surface area contributed by atoms with Crippen LogP contribution in [0.25, 0.3) is 10.9 Å². The molecule has 1 atom stereocenters. The number of aryl methyl sites for hydroxylation is 1. The Hall–Kier alpha value is -3.96. The van der Waals surface area contributed by atoms with Crippen LogP contribution in [0.4, 0.5) is 26.3 Å². The predicted octanol–water partition coefficient (Wildman–Crippen LogP) is 8.08. The van der Waals surface area contributed by atoms with Crippen molar-refractivity contribution in [3.05, 3.63) is 117 Å². The molecule has 4 rings (SSSR count). The first kappa shape index (κ1) is 32.9. The molecule has 44 heavy (non-hydrogen) atoms. The van der Waals surface area contributed by atoms with Crippen LogP contribution in [-0.2, 0) is 37.2 Å². The van der Waals surface area contributed by atoms with E-state index in [1.807, 2.05) is 35.9 Å². The van der Waals surface area contributed by atoms with Crippen LogP contribution in [0.1, 0.15) is 32.6 Å². The van der Waals surface area contributed by atoms with Crippen molar-refractivity contribution in [2.24, 2.45) is 7.05 Å². The number of hydrogen-bond donors (Lipinski definition) is 1. The van der Waals surface area contributed by atoms with Crippen molar-refractivity contribution in [3.63, 3.8) is 0 Å². The van der Waals surface area contributed by atoms with E-state index in [2.05, 4.69) is 5.32 Å². The van der Waals surface area contributed by atoms with Gasteiger partial charge < -0.3 is 14.8 Å². The Morgan fingerprint density at radius 1 is 0.932 bits per heavy atom. The minimum absolute atomic E-state index is 0.0392. The van der Waals surface area contributed by atoms with E-state index < -0.39 is 46.9 Å². The fourth-order valence-corrected chi connectivity index (χ4v) is 5.00. The monoisotopic (exact) mass is 655 g/mol. The van der Waals surface area contributed by atoms with E-state index in [0.29, 0.717) is 27.7 Å².